The van der Waals surface area contributed by atoms with Crippen LogP contribution in [0.4, 0.5) is 17.1 Å². The van der Waals surface area contributed by atoms with Crippen LogP contribution in [0.25, 0.3) is 0 Å². The van der Waals surface area contributed by atoms with Crippen molar-refractivity contribution in [2.24, 2.45) is 5.73 Å². The molecule has 1 aromatic carbocycles. The number of carboxylic acids is 1. The van der Waals surface area contributed by atoms with Gasteiger partial charge >= 0.3 is 5.97 Å². The summed E-state index contributed by atoms with van der Waals surface area (Å²) >= 11 is 0. The summed E-state index contributed by atoms with van der Waals surface area (Å²) in [6.07, 6.45) is 1.41. The lowest BCUT2D eigenvalue weighted by Crippen LogP contribution is -2.29. The molecule has 0 amide bonds. The maximum Gasteiger partial charge on any atom is 0.320 e. The Bertz CT molecular complexity index is 583. The number of benzene rings is 1. The predicted octanol–water partition coefficient (Wildman–Crippen LogP) is 1.92. The van der Waals surface area contributed by atoms with Crippen LogP contribution in [0.5, 0.6) is 0 Å². The maximum absolute atomic E-state index is 10.9. The summed E-state index contributed by atoms with van der Waals surface area (Å²) in [5, 5.41) is 32.9. The number of halogens is 1. The second-order valence-corrected chi connectivity index (χ2v) is 4.58. The van der Waals surface area contributed by atoms with Gasteiger partial charge in [-0.05, 0) is 25.3 Å². The summed E-state index contributed by atoms with van der Waals surface area (Å²) in [4.78, 5) is 30.6. The molecule has 4 N–H and O–H groups in total. The van der Waals surface area contributed by atoms with Crippen molar-refractivity contribution in [1.82, 2.24) is 0 Å². The van der Waals surface area contributed by atoms with E-state index in [0.29, 0.717) is 25.8 Å². The van der Waals surface area contributed by atoms with Gasteiger partial charge in [0.15, 0.2) is 0 Å². The lowest BCUT2D eigenvalue weighted by Gasteiger charge is -2.08. The van der Waals surface area contributed by atoms with E-state index in [1.54, 1.807) is 0 Å². The van der Waals surface area contributed by atoms with Gasteiger partial charge < -0.3 is 16.2 Å². The Kier molecular flexibility index (Phi) is 8.52. The highest BCUT2D eigenvalue weighted by atomic mass is 35.5. The van der Waals surface area contributed by atoms with E-state index >= 15 is 0 Å². The lowest BCUT2D eigenvalue weighted by atomic mass is 10.1. The van der Waals surface area contributed by atoms with Gasteiger partial charge in [0.1, 0.15) is 11.7 Å². The summed E-state index contributed by atoms with van der Waals surface area (Å²) in [5.41, 5.74) is 4.79. The number of carbonyl (C=O) groups is 1. The van der Waals surface area contributed by atoms with Gasteiger partial charge in [0, 0.05) is 12.6 Å². The van der Waals surface area contributed by atoms with E-state index in [1.807, 2.05) is 0 Å². The number of rotatable bonds is 9. The molecule has 0 aliphatic rings. The van der Waals surface area contributed by atoms with Crippen molar-refractivity contribution in [3.8, 4) is 0 Å². The Labute approximate surface area is 137 Å². The minimum atomic E-state index is -1.07. The van der Waals surface area contributed by atoms with Crippen LogP contribution in [-0.4, -0.2) is 33.5 Å². The molecule has 0 aliphatic heterocycles. The van der Waals surface area contributed by atoms with E-state index in [0.717, 1.165) is 6.07 Å². The van der Waals surface area contributed by atoms with Gasteiger partial charge in [-0.1, -0.05) is 0 Å². The first-order chi connectivity index (χ1) is 10.3. The number of carboxylic acid groups (broad SMARTS) is 1. The lowest BCUT2D eigenvalue weighted by molar-refractivity contribution is -0.393. The second kappa shape index (κ2) is 9.54. The highest BCUT2D eigenvalue weighted by Gasteiger charge is 2.19. The van der Waals surface area contributed by atoms with Crippen LogP contribution < -0.4 is 11.1 Å². The molecule has 10 nitrogen and oxygen atoms in total. The smallest absolute Gasteiger partial charge is 0.320 e. The van der Waals surface area contributed by atoms with Gasteiger partial charge in [0.25, 0.3) is 11.4 Å². The van der Waals surface area contributed by atoms with E-state index in [4.69, 9.17) is 10.8 Å². The first kappa shape index (κ1) is 20.5. The van der Waals surface area contributed by atoms with Crippen LogP contribution in [0, 0.1) is 20.2 Å². The fourth-order valence-corrected chi connectivity index (χ4v) is 1.77. The average Bonchev–Trinajstić information content (AvgIpc) is 2.46. The monoisotopic (exact) mass is 348 g/mol. The van der Waals surface area contributed by atoms with Gasteiger partial charge in [-0.3, -0.25) is 25.0 Å². The van der Waals surface area contributed by atoms with Crippen molar-refractivity contribution in [3.05, 3.63) is 38.4 Å². The molecule has 1 atom stereocenters. The van der Waals surface area contributed by atoms with Crippen LogP contribution >= 0.6 is 12.4 Å². The van der Waals surface area contributed by atoms with Crippen molar-refractivity contribution >= 4 is 35.4 Å². The van der Waals surface area contributed by atoms with Crippen LogP contribution in [0.3, 0.4) is 0 Å². The first-order valence-electron chi connectivity index (χ1n) is 6.48. The zero-order valence-corrected chi connectivity index (χ0v) is 12.8. The van der Waals surface area contributed by atoms with Gasteiger partial charge in [0.2, 0.25) is 0 Å². The Balaban J connectivity index is 0.00000484. The van der Waals surface area contributed by atoms with E-state index in [2.05, 4.69) is 5.32 Å². The van der Waals surface area contributed by atoms with E-state index < -0.39 is 21.9 Å². The number of nitro groups is 2. The molecule has 0 bridgehead atoms. The van der Waals surface area contributed by atoms with Gasteiger partial charge in [0.05, 0.1) is 15.9 Å². The fourth-order valence-electron chi connectivity index (χ4n) is 1.77. The zero-order chi connectivity index (χ0) is 16.7. The summed E-state index contributed by atoms with van der Waals surface area (Å²) < 4.78 is 0. The average molecular weight is 349 g/mol. The summed E-state index contributed by atoms with van der Waals surface area (Å²) in [6.45, 7) is 0.366. The van der Waals surface area contributed by atoms with Crippen LogP contribution in [-0.2, 0) is 4.79 Å². The van der Waals surface area contributed by atoms with Crippen molar-refractivity contribution < 1.29 is 19.7 Å². The largest absolute Gasteiger partial charge is 0.480 e. The number of nitrogens with one attached hydrogen (secondary N) is 1. The van der Waals surface area contributed by atoms with Gasteiger partial charge in [-0.2, -0.15) is 0 Å². The molecule has 0 aliphatic carbocycles. The molecular weight excluding hydrogens is 332 g/mol. The Morgan fingerprint density at radius 1 is 1.26 bits per heavy atom. The minimum Gasteiger partial charge on any atom is -0.480 e. The third-order valence-electron chi connectivity index (χ3n) is 2.96. The standard InChI is InChI=1S/C12H16N4O6.ClH/c13-9(12(17)18)3-1-2-6-14-10-5-4-8(15(19)20)7-11(10)16(21)22;/h4-5,7,9,14H,1-3,6,13H2,(H,17,18);1H/t9-;/m1./s1. The summed E-state index contributed by atoms with van der Waals surface area (Å²) in [6, 6.07) is 2.42. The van der Waals surface area contributed by atoms with Crippen LogP contribution in [0.15, 0.2) is 18.2 Å². The molecule has 1 rings (SSSR count). The number of nitrogens with zero attached hydrogens (tertiary/aromatic N) is 2. The predicted molar refractivity (Wildman–Crippen MR) is 85.0 cm³/mol. The van der Waals surface area contributed by atoms with Crippen molar-refractivity contribution in [1.29, 1.82) is 0 Å². The van der Waals surface area contributed by atoms with E-state index in [-0.39, 0.29) is 29.5 Å². The molecule has 128 valence electrons. The van der Waals surface area contributed by atoms with Gasteiger partial charge in [-0.25, -0.2) is 0 Å². The molecule has 0 fully saturated rings. The third-order valence-corrected chi connectivity index (χ3v) is 2.96. The Morgan fingerprint density at radius 3 is 2.43 bits per heavy atom. The quantitative estimate of drug-likeness (QED) is 0.346. The summed E-state index contributed by atoms with van der Waals surface area (Å²) in [7, 11) is 0. The highest BCUT2D eigenvalue weighted by molar-refractivity contribution is 5.85. The highest BCUT2D eigenvalue weighted by Crippen LogP contribution is 2.28. The molecule has 1 aromatic rings. The van der Waals surface area contributed by atoms with Crippen molar-refractivity contribution in [2.75, 3.05) is 11.9 Å². The number of anilines is 1. The molecule has 0 unspecified atom stereocenters. The zero-order valence-electron chi connectivity index (χ0n) is 12.0. The van der Waals surface area contributed by atoms with Crippen molar-refractivity contribution in [3.63, 3.8) is 0 Å². The maximum atomic E-state index is 10.9. The number of aliphatic carboxylic acids is 1. The Morgan fingerprint density at radius 2 is 1.91 bits per heavy atom. The molecule has 0 radical (unpaired) electrons. The number of unbranched alkanes of at least 4 members (excludes halogenated alkanes) is 1. The molecule has 0 saturated heterocycles. The Hall–Kier alpha value is -2.46. The van der Waals surface area contributed by atoms with Crippen LogP contribution in [0.1, 0.15) is 19.3 Å². The van der Waals surface area contributed by atoms with Gasteiger partial charge in [-0.15, -0.1) is 12.4 Å². The summed E-state index contributed by atoms with van der Waals surface area (Å²) in [5.74, 6) is -1.07. The minimum absolute atomic E-state index is 0. The molecule has 0 saturated carbocycles. The molecule has 23 heavy (non-hydrogen) atoms. The normalized spacial score (nSPS) is 11.2. The third kappa shape index (κ3) is 6.45. The molecule has 11 heteroatoms. The topological polar surface area (TPSA) is 162 Å². The molecular formula is C12H17ClN4O6. The molecule has 0 heterocycles. The number of nitrogens with two attached hydrogens (primary N) is 1. The number of hydrogen-bond donors (Lipinski definition) is 3. The van der Waals surface area contributed by atoms with Crippen LogP contribution in [0.2, 0.25) is 0 Å². The second-order valence-electron chi connectivity index (χ2n) is 4.58. The van der Waals surface area contributed by atoms with Crippen molar-refractivity contribution in [2.45, 2.75) is 25.3 Å². The SMILES string of the molecule is Cl.N[C@H](CCCCNc1ccc([N+](=O)[O-])cc1[N+](=O)[O-])C(=O)O. The fraction of sp³-hybridized carbons (Fsp3) is 0.417. The van der Waals surface area contributed by atoms with E-state index in [9.17, 15) is 25.0 Å². The van der Waals surface area contributed by atoms with E-state index in [1.165, 1.54) is 12.1 Å². The number of non-ortho nitro benzene ring substituents is 1. The molecule has 0 aromatic heterocycles. The number of hydrogen-bond acceptors (Lipinski definition) is 7. The number of nitro benzene ring substituents is 2. The molecule has 0 spiro atoms. The first-order valence-corrected chi connectivity index (χ1v) is 6.48.